The monoisotopic (exact) mass is 476 g/mol. The Bertz CT molecular complexity index is 1160. The summed E-state index contributed by atoms with van der Waals surface area (Å²) in [5.74, 6) is 1.35. The Morgan fingerprint density at radius 1 is 1.03 bits per heavy atom. The lowest BCUT2D eigenvalue weighted by Gasteiger charge is -2.13. The summed E-state index contributed by atoms with van der Waals surface area (Å²) in [5, 5.41) is 0. The van der Waals surface area contributed by atoms with Crippen molar-refractivity contribution in [3.63, 3.8) is 0 Å². The van der Waals surface area contributed by atoms with Crippen molar-refractivity contribution in [2.24, 2.45) is 0 Å². The molecule has 0 aromatic heterocycles. The maximum absolute atomic E-state index is 12.4. The standard InChI is InChI=1S/C26H21BrO4/c1-17-8-10-20(11-9-17)23-15-21(26(28)31-23)12-19-13-22(27)25(24(14-19)29-2)30-16-18-6-4-3-5-7-18/h3-15H,16H2,1-2H3/b21-12-. The molecule has 0 aliphatic carbocycles. The summed E-state index contributed by atoms with van der Waals surface area (Å²) in [7, 11) is 1.59. The summed E-state index contributed by atoms with van der Waals surface area (Å²) in [6.07, 6.45) is 3.53. The number of ether oxygens (including phenoxy) is 3. The Morgan fingerprint density at radius 2 is 1.77 bits per heavy atom. The fraction of sp³-hybridized carbons (Fsp3) is 0.115. The minimum atomic E-state index is -0.380. The Balaban J connectivity index is 1.59. The van der Waals surface area contributed by atoms with E-state index >= 15 is 0 Å². The smallest absolute Gasteiger partial charge is 0.343 e. The van der Waals surface area contributed by atoms with Gasteiger partial charge in [0.05, 0.1) is 17.2 Å². The zero-order valence-corrected chi connectivity index (χ0v) is 18.8. The molecular formula is C26H21BrO4. The molecule has 0 radical (unpaired) electrons. The molecule has 156 valence electrons. The average molecular weight is 477 g/mol. The maximum Gasteiger partial charge on any atom is 0.343 e. The number of halogens is 1. The van der Waals surface area contributed by atoms with E-state index < -0.39 is 0 Å². The lowest BCUT2D eigenvalue weighted by molar-refractivity contribution is -0.130. The molecule has 3 aromatic carbocycles. The number of cyclic esters (lactones) is 1. The largest absolute Gasteiger partial charge is 0.493 e. The molecule has 0 atom stereocenters. The summed E-state index contributed by atoms with van der Waals surface area (Å²) in [4.78, 5) is 12.4. The SMILES string of the molecule is COc1cc(/C=C2/C=C(c3ccc(C)cc3)OC2=O)cc(Br)c1OCc1ccccc1. The van der Waals surface area contributed by atoms with Crippen LogP contribution in [0.1, 0.15) is 22.3 Å². The third kappa shape index (κ3) is 4.89. The summed E-state index contributed by atoms with van der Waals surface area (Å²) in [6.45, 7) is 2.44. The van der Waals surface area contributed by atoms with Crippen LogP contribution in [0.25, 0.3) is 11.8 Å². The van der Waals surface area contributed by atoms with E-state index in [1.165, 1.54) is 0 Å². The van der Waals surface area contributed by atoms with Gasteiger partial charge in [-0.05, 0) is 58.3 Å². The Hall–Kier alpha value is -3.31. The van der Waals surface area contributed by atoms with Crippen LogP contribution in [0.15, 0.2) is 82.9 Å². The van der Waals surface area contributed by atoms with Crippen LogP contribution >= 0.6 is 15.9 Å². The third-order valence-corrected chi connectivity index (χ3v) is 5.45. The summed E-state index contributed by atoms with van der Waals surface area (Å²) in [6, 6.07) is 21.5. The molecule has 0 saturated carbocycles. The molecular weight excluding hydrogens is 456 g/mol. The van der Waals surface area contributed by atoms with Crippen LogP contribution in [0.5, 0.6) is 11.5 Å². The highest BCUT2D eigenvalue weighted by atomic mass is 79.9. The van der Waals surface area contributed by atoms with Crippen LogP contribution < -0.4 is 9.47 Å². The normalized spacial score (nSPS) is 14.4. The van der Waals surface area contributed by atoms with E-state index in [0.717, 1.165) is 26.7 Å². The first-order valence-electron chi connectivity index (χ1n) is 9.80. The fourth-order valence-electron chi connectivity index (χ4n) is 3.22. The zero-order chi connectivity index (χ0) is 21.8. The number of aryl methyl sites for hydroxylation is 1. The highest BCUT2D eigenvalue weighted by Gasteiger charge is 2.22. The van der Waals surface area contributed by atoms with E-state index in [4.69, 9.17) is 14.2 Å². The Labute approximate surface area is 189 Å². The first kappa shape index (κ1) is 20.9. The van der Waals surface area contributed by atoms with Crippen LogP contribution in [0.4, 0.5) is 0 Å². The van der Waals surface area contributed by atoms with Crippen LogP contribution in [-0.2, 0) is 16.1 Å². The van der Waals surface area contributed by atoms with Gasteiger partial charge in [-0.15, -0.1) is 0 Å². The molecule has 0 saturated heterocycles. The fourth-order valence-corrected chi connectivity index (χ4v) is 3.80. The third-order valence-electron chi connectivity index (χ3n) is 4.86. The van der Waals surface area contributed by atoms with Gasteiger partial charge in [-0.3, -0.25) is 0 Å². The van der Waals surface area contributed by atoms with Crippen molar-refractivity contribution >= 4 is 33.7 Å². The Morgan fingerprint density at radius 3 is 2.48 bits per heavy atom. The second kappa shape index (κ2) is 9.23. The van der Waals surface area contributed by atoms with Gasteiger partial charge in [0, 0.05) is 5.56 Å². The van der Waals surface area contributed by atoms with E-state index in [2.05, 4.69) is 15.9 Å². The molecule has 0 fully saturated rings. The number of benzene rings is 3. The van der Waals surface area contributed by atoms with Crippen LogP contribution in [0.2, 0.25) is 0 Å². The van der Waals surface area contributed by atoms with E-state index in [9.17, 15) is 4.79 Å². The minimum absolute atomic E-state index is 0.380. The number of carbonyl (C=O) groups excluding carboxylic acids is 1. The van der Waals surface area contributed by atoms with Gasteiger partial charge in [0.25, 0.3) is 0 Å². The van der Waals surface area contributed by atoms with Gasteiger partial charge < -0.3 is 14.2 Å². The van der Waals surface area contributed by atoms with Gasteiger partial charge in [0.1, 0.15) is 12.4 Å². The van der Waals surface area contributed by atoms with Crippen molar-refractivity contribution in [1.29, 1.82) is 0 Å². The number of rotatable bonds is 6. The summed E-state index contributed by atoms with van der Waals surface area (Å²) in [5.41, 5.74) is 4.35. The first-order valence-corrected chi connectivity index (χ1v) is 10.6. The maximum atomic E-state index is 12.4. The molecule has 0 N–H and O–H groups in total. The van der Waals surface area contributed by atoms with Gasteiger partial charge in [0.2, 0.25) is 0 Å². The van der Waals surface area contributed by atoms with Gasteiger partial charge >= 0.3 is 5.97 Å². The van der Waals surface area contributed by atoms with Gasteiger partial charge in [-0.2, -0.15) is 0 Å². The number of hydrogen-bond acceptors (Lipinski definition) is 4. The topological polar surface area (TPSA) is 44.8 Å². The number of hydrogen-bond donors (Lipinski definition) is 0. The molecule has 1 heterocycles. The summed E-state index contributed by atoms with van der Waals surface area (Å²) < 4.78 is 17.7. The average Bonchev–Trinajstić information content (AvgIpc) is 3.14. The number of carbonyl (C=O) groups is 1. The van der Waals surface area contributed by atoms with Crippen molar-refractivity contribution < 1.29 is 19.0 Å². The Kier molecular flexibility index (Phi) is 6.23. The van der Waals surface area contributed by atoms with Gasteiger partial charge in [-0.1, -0.05) is 60.2 Å². The molecule has 5 heteroatoms. The van der Waals surface area contributed by atoms with Crippen molar-refractivity contribution in [2.75, 3.05) is 7.11 Å². The second-order valence-electron chi connectivity index (χ2n) is 7.17. The van der Waals surface area contributed by atoms with Crippen molar-refractivity contribution in [3.8, 4) is 11.5 Å². The first-order chi connectivity index (χ1) is 15.0. The zero-order valence-electron chi connectivity index (χ0n) is 17.2. The predicted octanol–water partition coefficient (Wildman–Crippen LogP) is 6.33. The molecule has 31 heavy (non-hydrogen) atoms. The molecule has 0 bridgehead atoms. The van der Waals surface area contributed by atoms with Crippen molar-refractivity contribution in [2.45, 2.75) is 13.5 Å². The lowest BCUT2D eigenvalue weighted by Crippen LogP contribution is -1.99. The lowest BCUT2D eigenvalue weighted by atomic mass is 10.1. The van der Waals surface area contributed by atoms with Gasteiger partial charge in [-0.25, -0.2) is 4.79 Å². The number of methoxy groups -OCH3 is 1. The van der Waals surface area contributed by atoms with Crippen LogP contribution in [0, 0.1) is 6.92 Å². The van der Waals surface area contributed by atoms with Crippen LogP contribution in [0.3, 0.4) is 0 Å². The molecule has 3 aromatic rings. The van der Waals surface area contributed by atoms with E-state index in [1.54, 1.807) is 19.3 Å². The highest BCUT2D eigenvalue weighted by molar-refractivity contribution is 9.10. The van der Waals surface area contributed by atoms with Gasteiger partial charge in [0.15, 0.2) is 11.5 Å². The van der Waals surface area contributed by atoms with Crippen molar-refractivity contribution in [1.82, 2.24) is 0 Å². The molecule has 1 aliphatic heterocycles. The molecule has 4 nitrogen and oxygen atoms in total. The molecule has 4 rings (SSSR count). The molecule has 1 aliphatic rings. The second-order valence-corrected chi connectivity index (χ2v) is 8.03. The van der Waals surface area contributed by atoms with E-state index in [0.29, 0.717) is 29.4 Å². The quantitative estimate of drug-likeness (QED) is 0.308. The van der Waals surface area contributed by atoms with E-state index in [1.807, 2.05) is 73.7 Å². The predicted molar refractivity (Wildman–Crippen MR) is 125 cm³/mol. The highest BCUT2D eigenvalue weighted by Crippen LogP contribution is 2.38. The number of esters is 1. The van der Waals surface area contributed by atoms with E-state index in [-0.39, 0.29) is 5.97 Å². The van der Waals surface area contributed by atoms with Crippen LogP contribution in [-0.4, -0.2) is 13.1 Å². The summed E-state index contributed by atoms with van der Waals surface area (Å²) >= 11 is 3.57. The minimum Gasteiger partial charge on any atom is -0.493 e. The molecule has 0 spiro atoms. The van der Waals surface area contributed by atoms with Crippen molar-refractivity contribution in [3.05, 3.63) is 105 Å². The molecule has 0 unspecified atom stereocenters. The molecule has 0 amide bonds.